The Hall–Kier alpha value is -2.84. The number of benzene rings is 1. The van der Waals surface area contributed by atoms with E-state index in [9.17, 15) is 9.59 Å². The van der Waals surface area contributed by atoms with Crippen LogP contribution in [0.1, 0.15) is 39.6 Å². The van der Waals surface area contributed by atoms with Gasteiger partial charge in [-0.05, 0) is 55.5 Å². The third-order valence-electron chi connectivity index (χ3n) is 5.36. The number of thioether (sulfide) groups is 1. The lowest BCUT2D eigenvalue weighted by Gasteiger charge is -2.13. The van der Waals surface area contributed by atoms with Gasteiger partial charge < -0.3 is 9.15 Å². The number of hydrogen-bond donors (Lipinski definition) is 0. The summed E-state index contributed by atoms with van der Waals surface area (Å²) >= 11 is 3.06. The number of carbonyl (C=O) groups is 1. The number of hydrogen-bond acceptors (Lipinski definition) is 7. The van der Waals surface area contributed by atoms with Crippen LogP contribution in [0.3, 0.4) is 0 Å². The minimum absolute atomic E-state index is 0.0206. The highest BCUT2D eigenvalue weighted by molar-refractivity contribution is 7.98. The average molecular weight is 453 g/mol. The summed E-state index contributed by atoms with van der Waals surface area (Å²) in [5, 5.41) is 1.37. The van der Waals surface area contributed by atoms with Crippen molar-refractivity contribution >= 4 is 39.3 Å². The van der Waals surface area contributed by atoms with Crippen molar-refractivity contribution in [2.75, 3.05) is 7.11 Å². The van der Waals surface area contributed by atoms with E-state index in [4.69, 9.17) is 14.1 Å². The highest BCUT2D eigenvalue weighted by atomic mass is 32.2. The van der Waals surface area contributed by atoms with Crippen LogP contribution in [-0.4, -0.2) is 22.6 Å². The zero-order valence-corrected chi connectivity index (χ0v) is 18.6. The number of aromatic nitrogens is 2. The number of ether oxygens (including phenoxy) is 1. The van der Waals surface area contributed by atoms with E-state index in [0.29, 0.717) is 16.7 Å². The van der Waals surface area contributed by atoms with E-state index in [1.54, 1.807) is 28.0 Å². The summed E-state index contributed by atoms with van der Waals surface area (Å²) < 4.78 is 12.0. The van der Waals surface area contributed by atoms with Crippen LogP contribution >= 0.6 is 23.1 Å². The normalized spacial score (nSPS) is 13.3. The van der Waals surface area contributed by atoms with E-state index in [0.717, 1.165) is 41.6 Å². The SMILES string of the molecule is COC(=O)c1ccc(CSc2nc3sc4c(c3c(=O)n2-c2ccccc2)CCCC4)o1. The molecule has 0 atom stereocenters. The molecule has 4 aromatic rings. The molecule has 0 fully saturated rings. The zero-order valence-electron chi connectivity index (χ0n) is 16.9. The maximum atomic E-state index is 13.7. The number of para-hydroxylation sites is 1. The number of thiophene rings is 1. The maximum absolute atomic E-state index is 13.7. The Morgan fingerprint density at radius 1 is 1.19 bits per heavy atom. The van der Waals surface area contributed by atoms with Crippen LogP contribution in [0.2, 0.25) is 0 Å². The number of methoxy groups -OCH3 is 1. The summed E-state index contributed by atoms with van der Waals surface area (Å²) in [7, 11) is 1.32. The van der Waals surface area contributed by atoms with Crippen LogP contribution < -0.4 is 5.56 Å². The quantitative estimate of drug-likeness (QED) is 0.241. The topological polar surface area (TPSA) is 74.3 Å². The van der Waals surface area contributed by atoms with E-state index in [1.165, 1.54) is 29.3 Å². The predicted octanol–water partition coefficient (Wildman–Crippen LogP) is 5.00. The van der Waals surface area contributed by atoms with Crippen molar-refractivity contribution in [3.8, 4) is 5.69 Å². The van der Waals surface area contributed by atoms with Gasteiger partial charge in [0.1, 0.15) is 10.6 Å². The first-order chi connectivity index (χ1) is 15.2. The van der Waals surface area contributed by atoms with Crippen LogP contribution in [0.4, 0.5) is 0 Å². The van der Waals surface area contributed by atoms with Gasteiger partial charge in [0.25, 0.3) is 5.56 Å². The number of furan rings is 1. The third kappa shape index (κ3) is 3.70. The second-order valence-electron chi connectivity index (χ2n) is 7.31. The van der Waals surface area contributed by atoms with Gasteiger partial charge in [0.15, 0.2) is 5.16 Å². The first-order valence-electron chi connectivity index (χ1n) is 10.1. The Morgan fingerprint density at radius 3 is 2.81 bits per heavy atom. The molecule has 3 heterocycles. The van der Waals surface area contributed by atoms with Gasteiger partial charge in [-0.2, -0.15) is 0 Å². The molecule has 0 saturated heterocycles. The van der Waals surface area contributed by atoms with Gasteiger partial charge in [-0.15, -0.1) is 11.3 Å². The Labute approximate surface area is 186 Å². The Morgan fingerprint density at radius 2 is 2.00 bits per heavy atom. The van der Waals surface area contributed by atoms with E-state index in [2.05, 4.69) is 0 Å². The van der Waals surface area contributed by atoms with Crippen LogP contribution in [0.15, 0.2) is 56.8 Å². The lowest BCUT2D eigenvalue weighted by atomic mass is 9.97. The number of fused-ring (bicyclic) bond motifs is 3. The molecule has 5 rings (SSSR count). The van der Waals surface area contributed by atoms with Crippen molar-refractivity contribution in [2.24, 2.45) is 0 Å². The molecule has 158 valence electrons. The molecular formula is C23H20N2O4S2. The minimum atomic E-state index is -0.513. The molecule has 0 aliphatic heterocycles. The van der Waals surface area contributed by atoms with Gasteiger partial charge in [-0.3, -0.25) is 9.36 Å². The molecule has 31 heavy (non-hydrogen) atoms. The predicted molar refractivity (Wildman–Crippen MR) is 121 cm³/mol. The largest absolute Gasteiger partial charge is 0.463 e. The Balaban J connectivity index is 1.58. The van der Waals surface area contributed by atoms with Crippen molar-refractivity contribution in [3.63, 3.8) is 0 Å². The lowest BCUT2D eigenvalue weighted by molar-refractivity contribution is 0.0563. The van der Waals surface area contributed by atoms with Crippen molar-refractivity contribution in [1.29, 1.82) is 0 Å². The van der Waals surface area contributed by atoms with E-state index in [-0.39, 0.29) is 11.3 Å². The maximum Gasteiger partial charge on any atom is 0.373 e. The van der Waals surface area contributed by atoms with Gasteiger partial charge in [0, 0.05) is 4.88 Å². The minimum Gasteiger partial charge on any atom is -0.463 e. The fourth-order valence-electron chi connectivity index (χ4n) is 3.89. The molecule has 3 aromatic heterocycles. The lowest BCUT2D eigenvalue weighted by Crippen LogP contribution is -2.22. The molecule has 0 saturated carbocycles. The second kappa shape index (κ2) is 8.36. The van der Waals surface area contributed by atoms with Crippen molar-refractivity contribution in [2.45, 2.75) is 36.6 Å². The van der Waals surface area contributed by atoms with Gasteiger partial charge >= 0.3 is 5.97 Å². The molecule has 0 N–H and O–H groups in total. The van der Waals surface area contributed by atoms with Gasteiger partial charge in [-0.1, -0.05) is 30.0 Å². The van der Waals surface area contributed by atoms with Crippen LogP contribution in [-0.2, 0) is 23.3 Å². The molecule has 8 heteroatoms. The number of carbonyl (C=O) groups excluding carboxylic acids is 1. The summed E-state index contributed by atoms with van der Waals surface area (Å²) in [6.45, 7) is 0. The van der Waals surface area contributed by atoms with Crippen LogP contribution in [0.25, 0.3) is 15.9 Å². The molecule has 0 unspecified atom stereocenters. The highest BCUT2D eigenvalue weighted by Gasteiger charge is 2.23. The summed E-state index contributed by atoms with van der Waals surface area (Å²) in [5.74, 6) is 0.700. The number of rotatable bonds is 5. The Bertz CT molecular complexity index is 1320. The van der Waals surface area contributed by atoms with Gasteiger partial charge in [0.2, 0.25) is 5.76 Å². The van der Waals surface area contributed by atoms with Gasteiger partial charge in [0.05, 0.1) is 23.9 Å². The fourth-order valence-corrected chi connectivity index (χ4v) is 6.10. The van der Waals surface area contributed by atoms with Gasteiger partial charge in [-0.25, -0.2) is 9.78 Å². The summed E-state index contributed by atoms with van der Waals surface area (Å²) in [5.41, 5.74) is 1.95. The fraction of sp³-hybridized carbons (Fsp3) is 0.261. The number of esters is 1. The van der Waals surface area contributed by atoms with E-state index >= 15 is 0 Å². The average Bonchev–Trinajstić information content (AvgIpc) is 3.42. The number of nitrogens with zero attached hydrogens (tertiary/aromatic N) is 2. The highest BCUT2D eigenvalue weighted by Crippen LogP contribution is 2.35. The first kappa shape index (κ1) is 20.1. The third-order valence-corrected chi connectivity index (χ3v) is 7.51. The summed E-state index contributed by atoms with van der Waals surface area (Å²) in [6, 6.07) is 12.9. The second-order valence-corrected chi connectivity index (χ2v) is 9.33. The zero-order chi connectivity index (χ0) is 21.4. The molecule has 0 radical (unpaired) electrons. The molecule has 0 spiro atoms. The van der Waals surface area contributed by atoms with Crippen molar-refractivity contribution in [3.05, 3.63) is 74.8 Å². The molecular weight excluding hydrogens is 432 g/mol. The van der Waals surface area contributed by atoms with Crippen molar-refractivity contribution in [1.82, 2.24) is 9.55 Å². The molecule has 6 nitrogen and oxygen atoms in total. The monoisotopic (exact) mass is 452 g/mol. The summed E-state index contributed by atoms with van der Waals surface area (Å²) in [4.78, 5) is 32.3. The first-order valence-corrected chi connectivity index (χ1v) is 11.9. The van der Waals surface area contributed by atoms with E-state index in [1.807, 2.05) is 30.3 Å². The van der Waals surface area contributed by atoms with Crippen LogP contribution in [0.5, 0.6) is 0 Å². The molecule has 1 aliphatic carbocycles. The molecule has 1 aromatic carbocycles. The van der Waals surface area contributed by atoms with Crippen LogP contribution in [0, 0.1) is 0 Å². The van der Waals surface area contributed by atoms with Crippen molar-refractivity contribution < 1.29 is 13.9 Å². The standard InChI is InChI=1S/C23H20N2O4S2/c1-28-22(27)17-12-11-15(29-17)13-30-23-24-20-19(16-9-5-6-10-18(16)31-20)21(26)25(23)14-7-3-2-4-8-14/h2-4,7-8,11-12H,5-6,9-10,13H2,1H3. The Kier molecular flexibility index (Phi) is 5.41. The molecule has 1 aliphatic rings. The molecule has 0 amide bonds. The smallest absolute Gasteiger partial charge is 0.373 e. The number of aryl methyl sites for hydroxylation is 2. The summed E-state index contributed by atoms with van der Waals surface area (Å²) in [6.07, 6.45) is 4.24. The molecule has 0 bridgehead atoms. The van der Waals surface area contributed by atoms with E-state index < -0.39 is 5.97 Å².